The van der Waals surface area contributed by atoms with Crippen molar-refractivity contribution in [1.29, 1.82) is 0 Å². The minimum Gasteiger partial charge on any atom is -0.326 e. The number of imide groups is 1. The second-order valence-electron chi connectivity index (χ2n) is 5.51. The number of amides is 3. The predicted molar refractivity (Wildman–Crippen MR) is 77.1 cm³/mol. The monoisotopic (exact) mass is 287 g/mol. The van der Waals surface area contributed by atoms with Crippen LogP contribution in [-0.4, -0.2) is 30.8 Å². The number of fused-ring (bicyclic) bond motifs is 1. The van der Waals surface area contributed by atoms with Crippen LogP contribution in [0.25, 0.3) is 0 Å². The van der Waals surface area contributed by atoms with E-state index in [0.29, 0.717) is 29.2 Å². The lowest BCUT2D eigenvalue weighted by Gasteiger charge is -2.22. The first-order valence-corrected chi connectivity index (χ1v) is 7.14. The standard InChI is InChI=1S/C15H17N3O3/c19-13(6-9-2-1-5-16-8-9)17-10-3-4-11-12(7-10)15(21)18-14(11)20/h3-4,7,9,16H,1-2,5-6,8H2,(H,17,19)(H,18,20,21). The summed E-state index contributed by atoms with van der Waals surface area (Å²) in [5, 5.41) is 8.30. The number of anilines is 1. The second kappa shape index (κ2) is 5.65. The highest BCUT2D eigenvalue weighted by Crippen LogP contribution is 2.21. The lowest BCUT2D eigenvalue weighted by atomic mass is 9.96. The van der Waals surface area contributed by atoms with Crippen molar-refractivity contribution in [2.45, 2.75) is 19.3 Å². The Labute approximate surface area is 122 Å². The van der Waals surface area contributed by atoms with E-state index in [9.17, 15) is 14.4 Å². The summed E-state index contributed by atoms with van der Waals surface area (Å²) in [6.45, 7) is 1.89. The summed E-state index contributed by atoms with van der Waals surface area (Å²) < 4.78 is 0. The molecule has 110 valence electrons. The Morgan fingerprint density at radius 2 is 2.05 bits per heavy atom. The van der Waals surface area contributed by atoms with Crippen LogP contribution in [0, 0.1) is 5.92 Å². The lowest BCUT2D eigenvalue weighted by molar-refractivity contribution is -0.117. The van der Waals surface area contributed by atoms with E-state index in [-0.39, 0.29) is 11.8 Å². The number of nitrogens with one attached hydrogen (secondary N) is 3. The molecule has 3 rings (SSSR count). The molecule has 2 aliphatic rings. The molecule has 0 bridgehead atoms. The zero-order chi connectivity index (χ0) is 14.8. The van der Waals surface area contributed by atoms with E-state index >= 15 is 0 Å². The summed E-state index contributed by atoms with van der Waals surface area (Å²) in [5.74, 6) is -0.504. The number of piperidine rings is 1. The molecule has 1 aromatic rings. The van der Waals surface area contributed by atoms with Gasteiger partial charge in [0.15, 0.2) is 0 Å². The van der Waals surface area contributed by atoms with Gasteiger partial charge in [-0.15, -0.1) is 0 Å². The number of hydrogen-bond donors (Lipinski definition) is 3. The smallest absolute Gasteiger partial charge is 0.259 e. The summed E-state index contributed by atoms with van der Waals surface area (Å²) in [6.07, 6.45) is 2.62. The van der Waals surface area contributed by atoms with Crippen molar-refractivity contribution >= 4 is 23.4 Å². The first-order valence-electron chi connectivity index (χ1n) is 7.14. The SMILES string of the molecule is O=C(CC1CCCNC1)Nc1ccc2c(c1)C(=O)NC2=O. The van der Waals surface area contributed by atoms with E-state index in [2.05, 4.69) is 16.0 Å². The zero-order valence-electron chi connectivity index (χ0n) is 11.6. The van der Waals surface area contributed by atoms with Crippen molar-refractivity contribution in [3.63, 3.8) is 0 Å². The predicted octanol–water partition coefficient (Wildman–Crippen LogP) is 0.898. The summed E-state index contributed by atoms with van der Waals surface area (Å²) in [5.41, 5.74) is 1.22. The van der Waals surface area contributed by atoms with Crippen LogP contribution in [0.3, 0.4) is 0 Å². The topological polar surface area (TPSA) is 87.3 Å². The molecule has 1 atom stereocenters. The molecule has 3 amide bonds. The Morgan fingerprint density at radius 3 is 2.81 bits per heavy atom. The van der Waals surface area contributed by atoms with Crippen molar-refractivity contribution in [1.82, 2.24) is 10.6 Å². The van der Waals surface area contributed by atoms with Crippen LogP contribution in [-0.2, 0) is 4.79 Å². The molecule has 1 unspecified atom stereocenters. The van der Waals surface area contributed by atoms with Gasteiger partial charge in [0.25, 0.3) is 11.8 Å². The van der Waals surface area contributed by atoms with Crippen LogP contribution in [0.15, 0.2) is 18.2 Å². The van der Waals surface area contributed by atoms with E-state index < -0.39 is 5.91 Å². The zero-order valence-corrected chi connectivity index (χ0v) is 11.6. The Bertz CT molecular complexity index is 606. The molecule has 1 saturated heterocycles. The van der Waals surface area contributed by atoms with Gasteiger partial charge in [-0.3, -0.25) is 19.7 Å². The number of carbonyl (C=O) groups is 3. The minimum absolute atomic E-state index is 0.0617. The molecule has 0 aliphatic carbocycles. The van der Waals surface area contributed by atoms with Gasteiger partial charge in [0.1, 0.15) is 0 Å². The van der Waals surface area contributed by atoms with Crippen LogP contribution in [0.2, 0.25) is 0 Å². The summed E-state index contributed by atoms with van der Waals surface area (Å²) in [4.78, 5) is 35.0. The van der Waals surface area contributed by atoms with Crippen molar-refractivity contribution in [3.8, 4) is 0 Å². The van der Waals surface area contributed by atoms with Gasteiger partial charge in [0.2, 0.25) is 5.91 Å². The molecular weight excluding hydrogens is 270 g/mol. The van der Waals surface area contributed by atoms with E-state index in [4.69, 9.17) is 0 Å². The molecule has 2 heterocycles. The molecule has 1 fully saturated rings. The third kappa shape index (κ3) is 2.95. The third-order valence-electron chi connectivity index (χ3n) is 3.89. The summed E-state index contributed by atoms with van der Waals surface area (Å²) >= 11 is 0. The highest BCUT2D eigenvalue weighted by molar-refractivity contribution is 6.22. The van der Waals surface area contributed by atoms with Gasteiger partial charge in [0, 0.05) is 12.1 Å². The van der Waals surface area contributed by atoms with Gasteiger partial charge in [0.05, 0.1) is 11.1 Å². The lowest BCUT2D eigenvalue weighted by Crippen LogP contribution is -2.32. The average Bonchev–Trinajstić information content (AvgIpc) is 2.74. The van der Waals surface area contributed by atoms with Crippen molar-refractivity contribution in [2.24, 2.45) is 5.92 Å². The maximum atomic E-state index is 12.0. The minimum atomic E-state index is -0.414. The molecule has 3 N–H and O–H groups in total. The molecular formula is C15H17N3O3. The Kier molecular flexibility index (Phi) is 3.70. The number of carbonyl (C=O) groups excluding carboxylic acids is 3. The first-order chi connectivity index (χ1) is 10.1. The van der Waals surface area contributed by atoms with E-state index in [0.717, 1.165) is 25.9 Å². The first kappa shape index (κ1) is 13.8. The molecule has 0 spiro atoms. The van der Waals surface area contributed by atoms with Crippen LogP contribution in [0.1, 0.15) is 40.0 Å². The number of rotatable bonds is 3. The molecule has 0 aromatic heterocycles. The Morgan fingerprint density at radius 1 is 1.24 bits per heavy atom. The van der Waals surface area contributed by atoms with Crippen molar-refractivity contribution < 1.29 is 14.4 Å². The van der Waals surface area contributed by atoms with Crippen LogP contribution >= 0.6 is 0 Å². The van der Waals surface area contributed by atoms with Crippen LogP contribution in [0.4, 0.5) is 5.69 Å². The Balaban J connectivity index is 1.65. The van der Waals surface area contributed by atoms with Crippen LogP contribution < -0.4 is 16.0 Å². The van der Waals surface area contributed by atoms with Gasteiger partial charge in [-0.25, -0.2) is 0 Å². The molecule has 21 heavy (non-hydrogen) atoms. The van der Waals surface area contributed by atoms with E-state index in [1.807, 2.05) is 0 Å². The Hall–Kier alpha value is -2.21. The fourth-order valence-electron chi connectivity index (χ4n) is 2.82. The van der Waals surface area contributed by atoms with Gasteiger partial charge in [-0.2, -0.15) is 0 Å². The average molecular weight is 287 g/mol. The largest absolute Gasteiger partial charge is 0.326 e. The number of hydrogen-bond acceptors (Lipinski definition) is 4. The highest BCUT2D eigenvalue weighted by atomic mass is 16.2. The second-order valence-corrected chi connectivity index (χ2v) is 5.51. The van der Waals surface area contributed by atoms with Crippen molar-refractivity contribution in [2.75, 3.05) is 18.4 Å². The van der Waals surface area contributed by atoms with Crippen molar-refractivity contribution in [3.05, 3.63) is 29.3 Å². The van der Waals surface area contributed by atoms with Crippen LogP contribution in [0.5, 0.6) is 0 Å². The molecule has 1 aromatic carbocycles. The molecule has 0 radical (unpaired) electrons. The quantitative estimate of drug-likeness (QED) is 0.721. The van der Waals surface area contributed by atoms with Gasteiger partial charge in [-0.1, -0.05) is 0 Å². The maximum absolute atomic E-state index is 12.0. The van der Waals surface area contributed by atoms with E-state index in [1.165, 1.54) is 0 Å². The maximum Gasteiger partial charge on any atom is 0.259 e. The molecule has 6 heteroatoms. The van der Waals surface area contributed by atoms with Gasteiger partial charge in [-0.05, 0) is 50.0 Å². The van der Waals surface area contributed by atoms with Gasteiger partial charge >= 0.3 is 0 Å². The summed E-state index contributed by atoms with van der Waals surface area (Å²) in [7, 11) is 0. The highest BCUT2D eigenvalue weighted by Gasteiger charge is 2.27. The molecule has 0 saturated carbocycles. The third-order valence-corrected chi connectivity index (χ3v) is 3.89. The fraction of sp³-hybridized carbons (Fsp3) is 0.400. The van der Waals surface area contributed by atoms with Gasteiger partial charge < -0.3 is 10.6 Å². The molecule has 2 aliphatic heterocycles. The fourth-order valence-corrected chi connectivity index (χ4v) is 2.82. The normalized spacial score (nSPS) is 20.9. The number of benzene rings is 1. The molecule has 6 nitrogen and oxygen atoms in total. The summed E-state index contributed by atoms with van der Waals surface area (Å²) in [6, 6.07) is 4.76. The van der Waals surface area contributed by atoms with E-state index in [1.54, 1.807) is 18.2 Å².